The van der Waals surface area contributed by atoms with Crippen molar-refractivity contribution in [3.63, 3.8) is 0 Å². The Hall–Kier alpha value is -3.49. The molecule has 1 fully saturated rings. The number of hydrogen-bond donors (Lipinski definition) is 1. The molecule has 2 N–H and O–H groups in total. The Kier molecular flexibility index (Phi) is 8.10. The number of benzene rings is 2. The van der Waals surface area contributed by atoms with E-state index in [1.807, 2.05) is 25.1 Å². The van der Waals surface area contributed by atoms with Crippen molar-refractivity contribution in [1.82, 2.24) is 19.7 Å². The zero-order valence-electron chi connectivity index (χ0n) is 22.4. The number of aromatic nitrogens is 1. The molecule has 2 heterocycles. The first kappa shape index (κ1) is 26.6. The molecule has 8 nitrogen and oxygen atoms in total. The summed E-state index contributed by atoms with van der Waals surface area (Å²) >= 11 is 0. The molecule has 1 aliphatic rings. The van der Waals surface area contributed by atoms with Crippen LogP contribution >= 0.6 is 0 Å². The van der Waals surface area contributed by atoms with E-state index in [1.165, 1.54) is 10.5 Å². The molecule has 1 unspecified atom stereocenters. The molecule has 1 aliphatic heterocycles. The van der Waals surface area contributed by atoms with Crippen LogP contribution < -0.4 is 5.73 Å². The van der Waals surface area contributed by atoms with Crippen molar-refractivity contribution in [3.8, 4) is 11.3 Å². The molecular weight excluding hydrogens is 466 g/mol. The van der Waals surface area contributed by atoms with Crippen LogP contribution in [0.1, 0.15) is 47.8 Å². The summed E-state index contributed by atoms with van der Waals surface area (Å²) < 4.78 is 5.21. The number of nitrogens with two attached hydrogens (primary N) is 1. The van der Waals surface area contributed by atoms with Gasteiger partial charge >= 0.3 is 6.09 Å². The van der Waals surface area contributed by atoms with Gasteiger partial charge in [0.1, 0.15) is 6.17 Å². The van der Waals surface area contributed by atoms with Crippen molar-refractivity contribution in [2.45, 2.75) is 39.4 Å². The fourth-order valence-electron chi connectivity index (χ4n) is 4.59. The molecule has 8 heteroatoms. The number of carbonyl (C=O) groups excluding carboxylic acids is 2. The second kappa shape index (κ2) is 11.3. The van der Waals surface area contributed by atoms with E-state index >= 15 is 0 Å². The van der Waals surface area contributed by atoms with Gasteiger partial charge in [0.2, 0.25) is 0 Å². The molecule has 0 saturated carbocycles. The lowest BCUT2D eigenvalue weighted by molar-refractivity contribution is 0.0390. The summed E-state index contributed by atoms with van der Waals surface area (Å²) in [4.78, 5) is 35.8. The van der Waals surface area contributed by atoms with Gasteiger partial charge in [-0.2, -0.15) is 0 Å². The Balaban J connectivity index is 1.54. The SMILES string of the molecule is CCCOC(=O)N1CCN(C(=O)c2ccc3c(C)cc(-c4ccc(C(C)N(C)C)cc4)nc3c2)C[C@H]1N. The number of nitrogens with zero attached hydrogens (tertiary/aromatic N) is 4. The summed E-state index contributed by atoms with van der Waals surface area (Å²) in [6.45, 7) is 7.53. The maximum atomic E-state index is 13.3. The number of carbonyl (C=O) groups is 2. The monoisotopic (exact) mass is 503 g/mol. The van der Waals surface area contributed by atoms with Crippen LogP contribution in [-0.2, 0) is 4.74 Å². The number of aryl methyl sites for hydroxylation is 1. The third-order valence-electron chi connectivity index (χ3n) is 7.10. The minimum absolute atomic E-state index is 0.120. The molecule has 0 aliphatic carbocycles. The number of pyridine rings is 1. The fraction of sp³-hybridized carbons (Fsp3) is 0.414. The van der Waals surface area contributed by atoms with Crippen molar-refractivity contribution < 1.29 is 14.3 Å². The number of ether oxygens (including phenoxy) is 1. The third kappa shape index (κ3) is 5.76. The van der Waals surface area contributed by atoms with Crippen LogP contribution in [0.5, 0.6) is 0 Å². The molecule has 196 valence electrons. The zero-order valence-corrected chi connectivity index (χ0v) is 22.4. The minimum atomic E-state index is -0.604. The zero-order chi connectivity index (χ0) is 26.7. The molecule has 0 spiro atoms. The molecule has 0 radical (unpaired) electrons. The van der Waals surface area contributed by atoms with Gasteiger partial charge in [0.15, 0.2) is 0 Å². The topological polar surface area (TPSA) is 92.0 Å². The lowest BCUT2D eigenvalue weighted by Crippen LogP contribution is -2.60. The second-order valence-corrected chi connectivity index (χ2v) is 9.94. The Morgan fingerprint density at radius 1 is 1.14 bits per heavy atom. The van der Waals surface area contributed by atoms with Crippen LogP contribution in [0.3, 0.4) is 0 Å². The number of amides is 2. The molecule has 2 aromatic carbocycles. The lowest BCUT2D eigenvalue weighted by atomic mass is 10.0. The molecule has 4 rings (SSSR count). The molecule has 3 aromatic rings. The summed E-state index contributed by atoms with van der Waals surface area (Å²) in [6.07, 6.45) is -0.284. The largest absolute Gasteiger partial charge is 0.449 e. The standard InChI is InChI=1S/C29H37N5O3/c1-6-15-37-29(36)34-14-13-33(18-27(34)30)28(35)23-11-12-24-19(2)16-25(31-26(24)17-23)22-9-7-21(8-10-22)20(3)32(4)5/h7-12,16-17,20,27H,6,13-15,18,30H2,1-5H3/t20?,27-/m0/s1. The third-order valence-corrected chi connectivity index (χ3v) is 7.10. The Morgan fingerprint density at radius 3 is 2.51 bits per heavy atom. The van der Waals surface area contributed by atoms with E-state index in [0.717, 1.165) is 34.1 Å². The molecule has 37 heavy (non-hydrogen) atoms. The van der Waals surface area contributed by atoms with Gasteiger partial charge in [-0.15, -0.1) is 0 Å². The predicted molar refractivity (Wildman–Crippen MR) is 146 cm³/mol. The quantitative estimate of drug-likeness (QED) is 0.535. The van der Waals surface area contributed by atoms with Crippen molar-refractivity contribution >= 4 is 22.9 Å². The normalized spacial score (nSPS) is 16.8. The summed E-state index contributed by atoms with van der Waals surface area (Å²) in [6, 6.07) is 16.5. The van der Waals surface area contributed by atoms with Crippen molar-refractivity contribution in [3.05, 3.63) is 65.2 Å². The van der Waals surface area contributed by atoms with Gasteiger partial charge in [0, 0.05) is 35.6 Å². The number of rotatable bonds is 6. The maximum absolute atomic E-state index is 13.3. The van der Waals surface area contributed by atoms with Crippen LogP contribution in [0.2, 0.25) is 0 Å². The average molecular weight is 504 g/mol. The van der Waals surface area contributed by atoms with E-state index in [1.54, 1.807) is 4.90 Å². The second-order valence-electron chi connectivity index (χ2n) is 9.94. The van der Waals surface area contributed by atoms with Crippen molar-refractivity contribution in [2.24, 2.45) is 5.73 Å². The van der Waals surface area contributed by atoms with Gasteiger partial charge in [-0.05, 0) is 63.7 Å². The summed E-state index contributed by atoms with van der Waals surface area (Å²) in [5.41, 5.74) is 11.8. The molecule has 0 bridgehead atoms. The van der Waals surface area contributed by atoms with Gasteiger partial charge in [-0.1, -0.05) is 37.3 Å². The van der Waals surface area contributed by atoms with Crippen LogP contribution in [0, 0.1) is 6.92 Å². The summed E-state index contributed by atoms with van der Waals surface area (Å²) in [5.74, 6) is -0.120. The number of piperazine rings is 1. The number of hydrogen-bond acceptors (Lipinski definition) is 6. The molecule has 2 atom stereocenters. The summed E-state index contributed by atoms with van der Waals surface area (Å²) in [7, 11) is 4.14. The first-order valence-corrected chi connectivity index (χ1v) is 12.9. The van der Waals surface area contributed by atoms with Crippen LogP contribution in [0.25, 0.3) is 22.2 Å². The van der Waals surface area contributed by atoms with Gasteiger partial charge in [-0.3, -0.25) is 9.69 Å². The van der Waals surface area contributed by atoms with Crippen molar-refractivity contribution in [1.29, 1.82) is 0 Å². The van der Waals surface area contributed by atoms with Gasteiger partial charge in [-0.25, -0.2) is 9.78 Å². The van der Waals surface area contributed by atoms with E-state index in [9.17, 15) is 9.59 Å². The van der Waals surface area contributed by atoms with E-state index in [2.05, 4.69) is 63.2 Å². The van der Waals surface area contributed by atoms with Crippen LogP contribution in [0.15, 0.2) is 48.5 Å². The predicted octanol–water partition coefficient (Wildman–Crippen LogP) is 4.42. The lowest BCUT2D eigenvalue weighted by Gasteiger charge is -2.38. The van der Waals surface area contributed by atoms with Gasteiger partial charge in [0.25, 0.3) is 5.91 Å². The van der Waals surface area contributed by atoms with Crippen LogP contribution in [0.4, 0.5) is 4.79 Å². The van der Waals surface area contributed by atoms with Crippen LogP contribution in [-0.4, -0.2) is 78.2 Å². The van der Waals surface area contributed by atoms with E-state index in [4.69, 9.17) is 15.5 Å². The molecule has 1 aromatic heterocycles. The highest BCUT2D eigenvalue weighted by atomic mass is 16.6. The van der Waals surface area contributed by atoms with E-state index in [-0.39, 0.29) is 12.5 Å². The average Bonchev–Trinajstić information content (AvgIpc) is 2.90. The maximum Gasteiger partial charge on any atom is 0.411 e. The smallest absolute Gasteiger partial charge is 0.411 e. The Labute approximate surface area is 219 Å². The first-order chi connectivity index (χ1) is 17.7. The first-order valence-electron chi connectivity index (χ1n) is 12.9. The minimum Gasteiger partial charge on any atom is -0.449 e. The van der Waals surface area contributed by atoms with Crippen molar-refractivity contribution in [2.75, 3.05) is 40.3 Å². The van der Waals surface area contributed by atoms with Gasteiger partial charge in [0.05, 0.1) is 24.4 Å². The Bertz CT molecular complexity index is 1270. The Morgan fingerprint density at radius 2 is 1.86 bits per heavy atom. The highest BCUT2D eigenvalue weighted by molar-refractivity contribution is 5.99. The van der Waals surface area contributed by atoms with E-state index in [0.29, 0.717) is 31.3 Å². The molecule has 2 amide bonds. The molecular formula is C29H37N5O3. The van der Waals surface area contributed by atoms with Gasteiger partial charge < -0.3 is 20.3 Å². The molecule has 1 saturated heterocycles. The highest BCUT2D eigenvalue weighted by Crippen LogP contribution is 2.27. The summed E-state index contributed by atoms with van der Waals surface area (Å²) in [5, 5.41) is 1.01. The highest BCUT2D eigenvalue weighted by Gasteiger charge is 2.31. The van der Waals surface area contributed by atoms with E-state index < -0.39 is 12.3 Å². The fourth-order valence-corrected chi connectivity index (χ4v) is 4.59. The number of fused-ring (bicyclic) bond motifs is 1.